The van der Waals surface area contributed by atoms with Crippen LogP contribution in [0.2, 0.25) is 0 Å². The molecule has 0 N–H and O–H groups in total. The SMILES string of the molecule is c1ccc2c(c1)Oc1cc(-c3ccc(-n4c5ccccc5c5ccccc54)cc3)cc3c1P2c1ccc2ccccc2c1O3. The normalized spacial score (nSPS) is 14.5. The Morgan fingerprint density at radius 3 is 1.86 bits per heavy atom. The zero-order valence-corrected chi connectivity index (χ0v) is 24.5. The molecule has 7 aromatic carbocycles. The summed E-state index contributed by atoms with van der Waals surface area (Å²) < 4.78 is 15.8. The highest BCUT2D eigenvalue weighted by atomic mass is 31.1. The Morgan fingerprint density at radius 1 is 0.455 bits per heavy atom. The molecular formula is C40H24NO2P. The van der Waals surface area contributed by atoms with Crippen LogP contribution in [0.3, 0.4) is 0 Å². The summed E-state index contributed by atoms with van der Waals surface area (Å²) in [5.41, 5.74) is 5.74. The molecule has 1 unspecified atom stereocenters. The lowest BCUT2D eigenvalue weighted by Crippen LogP contribution is -2.32. The predicted octanol–water partition coefficient (Wildman–Crippen LogP) is 9.57. The van der Waals surface area contributed by atoms with Crippen molar-refractivity contribution in [2.45, 2.75) is 0 Å². The highest BCUT2D eigenvalue weighted by Crippen LogP contribution is 2.54. The van der Waals surface area contributed by atoms with Gasteiger partial charge in [-0.2, -0.15) is 0 Å². The van der Waals surface area contributed by atoms with Gasteiger partial charge < -0.3 is 14.0 Å². The first-order chi connectivity index (χ1) is 21.8. The van der Waals surface area contributed by atoms with Crippen LogP contribution in [0.5, 0.6) is 23.0 Å². The molecule has 0 radical (unpaired) electrons. The lowest BCUT2D eigenvalue weighted by atomic mass is 10.0. The fourth-order valence-corrected chi connectivity index (χ4v) is 9.54. The second kappa shape index (κ2) is 9.07. The smallest absolute Gasteiger partial charge is 0.143 e. The average molecular weight is 582 g/mol. The summed E-state index contributed by atoms with van der Waals surface area (Å²) in [5, 5.41) is 8.49. The van der Waals surface area contributed by atoms with Crippen LogP contribution in [0.25, 0.3) is 49.4 Å². The molecule has 0 saturated heterocycles. The van der Waals surface area contributed by atoms with Crippen LogP contribution in [0.4, 0.5) is 0 Å². The van der Waals surface area contributed by atoms with Crippen molar-refractivity contribution in [2.24, 2.45) is 0 Å². The van der Waals surface area contributed by atoms with Crippen molar-refractivity contribution in [1.82, 2.24) is 4.57 Å². The number of hydrogen-bond acceptors (Lipinski definition) is 2. The largest absolute Gasteiger partial charge is 0.456 e. The molecule has 44 heavy (non-hydrogen) atoms. The Labute approximate surface area is 255 Å². The number of rotatable bonds is 2. The molecule has 2 aliphatic heterocycles. The van der Waals surface area contributed by atoms with E-state index in [2.05, 4.69) is 150 Å². The summed E-state index contributed by atoms with van der Waals surface area (Å²) >= 11 is 0. The van der Waals surface area contributed by atoms with Gasteiger partial charge in [0, 0.05) is 40.4 Å². The molecule has 0 amide bonds. The van der Waals surface area contributed by atoms with Crippen molar-refractivity contribution in [3.8, 4) is 39.8 Å². The van der Waals surface area contributed by atoms with Crippen LogP contribution in [0, 0.1) is 0 Å². The van der Waals surface area contributed by atoms with E-state index in [-0.39, 0.29) is 0 Å². The van der Waals surface area contributed by atoms with Gasteiger partial charge >= 0.3 is 0 Å². The zero-order valence-electron chi connectivity index (χ0n) is 23.6. The first-order valence-corrected chi connectivity index (χ1v) is 16.2. The van der Waals surface area contributed by atoms with Gasteiger partial charge in [-0.1, -0.05) is 97.1 Å². The van der Waals surface area contributed by atoms with Crippen molar-refractivity contribution in [1.29, 1.82) is 0 Å². The minimum Gasteiger partial charge on any atom is -0.456 e. The van der Waals surface area contributed by atoms with Crippen LogP contribution >= 0.6 is 7.92 Å². The van der Waals surface area contributed by atoms with E-state index >= 15 is 0 Å². The summed E-state index contributed by atoms with van der Waals surface area (Å²) in [6.45, 7) is 0. The molecule has 10 rings (SSSR count). The van der Waals surface area contributed by atoms with Crippen molar-refractivity contribution in [3.05, 3.63) is 146 Å². The molecule has 0 bridgehead atoms. The van der Waals surface area contributed by atoms with E-state index in [1.54, 1.807) is 0 Å². The van der Waals surface area contributed by atoms with E-state index in [1.807, 2.05) is 0 Å². The first-order valence-electron chi connectivity index (χ1n) is 14.9. The van der Waals surface area contributed by atoms with Gasteiger partial charge in [-0.05, 0) is 65.0 Å². The standard InChI is InChI=1S/C40H24NO2P/c1-2-10-29-26(9-1)19-22-38-39(29)43-36-24-27(23-35-40(36)44(38)37-16-8-7-15-34(37)42-35)25-17-20-28(21-18-25)41-32-13-5-3-11-30(32)31-12-4-6-14-33(31)41/h1-24H. The highest BCUT2D eigenvalue weighted by molar-refractivity contribution is 7.80. The van der Waals surface area contributed by atoms with E-state index in [0.29, 0.717) is 0 Å². The lowest BCUT2D eigenvalue weighted by Gasteiger charge is -2.35. The van der Waals surface area contributed by atoms with Crippen LogP contribution in [-0.4, -0.2) is 4.57 Å². The number of benzene rings is 7. The Hall–Kier alpha value is -5.37. The molecular weight excluding hydrogens is 557 g/mol. The summed E-state index contributed by atoms with van der Waals surface area (Å²) in [7, 11) is -0.823. The van der Waals surface area contributed by atoms with Crippen molar-refractivity contribution in [2.75, 3.05) is 0 Å². The quantitative estimate of drug-likeness (QED) is 0.190. The van der Waals surface area contributed by atoms with Crippen LogP contribution in [0.15, 0.2) is 146 Å². The molecule has 2 aliphatic rings. The predicted molar refractivity (Wildman–Crippen MR) is 183 cm³/mol. The second-order valence-electron chi connectivity index (χ2n) is 11.4. The number of ether oxygens (including phenoxy) is 2. The van der Waals surface area contributed by atoms with Gasteiger partial charge in [0.05, 0.1) is 16.3 Å². The summed E-state index contributed by atoms with van der Waals surface area (Å²) in [5.74, 6) is 3.65. The Balaban J connectivity index is 1.14. The van der Waals surface area contributed by atoms with Gasteiger partial charge in [-0.25, -0.2) is 0 Å². The molecule has 4 heteroatoms. The molecule has 1 atom stereocenters. The molecule has 0 spiro atoms. The lowest BCUT2D eigenvalue weighted by molar-refractivity contribution is 0.469. The molecule has 1 aromatic heterocycles. The molecule has 0 saturated carbocycles. The van der Waals surface area contributed by atoms with E-state index in [4.69, 9.17) is 9.47 Å². The summed E-state index contributed by atoms with van der Waals surface area (Å²) in [4.78, 5) is 0. The van der Waals surface area contributed by atoms with Gasteiger partial charge in [-0.15, -0.1) is 0 Å². The minimum absolute atomic E-state index is 0.823. The van der Waals surface area contributed by atoms with E-state index in [0.717, 1.165) is 50.5 Å². The molecule has 8 aromatic rings. The van der Waals surface area contributed by atoms with Crippen molar-refractivity contribution >= 4 is 56.4 Å². The molecule has 0 fully saturated rings. The van der Waals surface area contributed by atoms with E-state index in [9.17, 15) is 0 Å². The molecule has 3 heterocycles. The van der Waals surface area contributed by atoms with Crippen molar-refractivity contribution in [3.63, 3.8) is 0 Å². The summed E-state index contributed by atoms with van der Waals surface area (Å²) in [6.07, 6.45) is 0. The van der Waals surface area contributed by atoms with Gasteiger partial charge in [0.1, 0.15) is 23.0 Å². The van der Waals surface area contributed by atoms with Gasteiger partial charge in [0.15, 0.2) is 0 Å². The Kier molecular flexibility index (Phi) is 4.97. The number of nitrogens with zero attached hydrogens (tertiary/aromatic N) is 1. The van der Waals surface area contributed by atoms with Crippen molar-refractivity contribution < 1.29 is 9.47 Å². The highest BCUT2D eigenvalue weighted by Gasteiger charge is 2.38. The maximum atomic E-state index is 6.83. The fourth-order valence-electron chi connectivity index (χ4n) is 6.97. The maximum absolute atomic E-state index is 6.83. The van der Waals surface area contributed by atoms with Crippen LogP contribution < -0.4 is 25.4 Å². The van der Waals surface area contributed by atoms with Gasteiger partial charge in [-0.3, -0.25) is 0 Å². The zero-order chi connectivity index (χ0) is 28.8. The maximum Gasteiger partial charge on any atom is 0.143 e. The van der Waals surface area contributed by atoms with Gasteiger partial charge in [0.2, 0.25) is 0 Å². The third-order valence-corrected chi connectivity index (χ3v) is 11.5. The fraction of sp³-hybridized carbons (Fsp3) is 0. The second-order valence-corrected chi connectivity index (χ2v) is 13.5. The molecule has 0 aliphatic carbocycles. The number of fused-ring (bicyclic) bond motifs is 9. The monoisotopic (exact) mass is 581 g/mol. The van der Waals surface area contributed by atoms with E-state index in [1.165, 1.54) is 37.8 Å². The Bertz CT molecular complexity index is 2410. The van der Waals surface area contributed by atoms with Crippen LogP contribution in [-0.2, 0) is 0 Å². The number of para-hydroxylation sites is 3. The third kappa shape index (κ3) is 3.36. The molecule has 3 nitrogen and oxygen atoms in total. The Morgan fingerprint density at radius 2 is 1.09 bits per heavy atom. The van der Waals surface area contributed by atoms with Crippen LogP contribution in [0.1, 0.15) is 0 Å². The van der Waals surface area contributed by atoms with E-state index < -0.39 is 7.92 Å². The summed E-state index contributed by atoms with van der Waals surface area (Å²) in [6, 6.07) is 51.9. The average Bonchev–Trinajstić information content (AvgIpc) is 3.42. The number of aromatic nitrogens is 1. The first kappa shape index (κ1) is 24.1. The third-order valence-electron chi connectivity index (χ3n) is 8.94. The molecule has 206 valence electrons. The minimum atomic E-state index is -0.823. The topological polar surface area (TPSA) is 23.4 Å². The number of hydrogen-bond donors (Lipinski definition) is 0. The van der Waals surface area contributed by atoms with Gasteiger partial charge in [0.25, 0.3) is 0 Å².